The van der Waals surface area contributed by atoms with Crippen molar-refractivity contribution >= 4 is 5.91 Å². The smallest absolute Gasteiger partial charge is 0.224 e. The zero-order chi connectivity index (χ0) is 11.5. The van der Waals surface area contributed by atoms with Gasteiger partial charge in [-0.1, -0.05) is 12.8 Å². The van der Waals surface area contributed by atoms with Gasteiger partial charge in [-0.25, -0.2) is 0 Å². The molecule has 15 heavy (non-hydrogen) atoms. The van der Waals surface area contributed by atoms with Crippen LogP contribution in [0.3, 0.4) is 0 Å². The molecule has 88 valence electrons. The minimum absolute atomic E-state index is 0.000187. The molecule has 4 nitrogen and oxygen atoms in total. The van der Waals surface area contributed by atoms with Crippen molar-refractivity contribution in [3.05, 3.63) is 0 Å². The summed E-state index contributed by atoms with van der Waals surface area (Å²) in [7, 11) is 1.72. The second kappa shape index (κ2) is 4.94. The van der Waals surface area contributed by atoms with Crippen molar-refractivity contribution in [2.24, 2.45) is 5.73 Å². The van der Waals surface area contributed by atoms with Gasteiger partial charge in [-0.2, -0.15) is 0 Å². The maximum Gasteiger partial charge on any atom is 0.224 e. The number of carbonyl (C=O) groups is 1. The standard InChI is InChI=1S/C11H22N2O2/c1-9(8-14)13(2)10(15)7-11(12)5-3-4-6-11/h9,14H,3-8,12H2,1-2H3. The number of likely N-dealkylation sites (N-methyl/N-ethyl adjacent to an activating group) is 1. The number of rotatable bonds is 4. The topological polar surface area (TPSA) is 66.6 Å². The highest BCUT2D eigenvalue weighted by atomic mass is 16.3. The van der Waals surface area contributed by atoms with Gasteiger partial charge in [0.15, 0.2) is 0 Å². The molecule has 0 radical (unpaired) electrons. The molecule has 1 amide bonds. The average molecular weight is 214 g/mol. The van der Waals surface area contributed by atoms with E-state index in [1.807, 2.05) is 6.92 Å². The Morgan fingerprint density at radius 3 is 2.53 bits per heavy atom. The molecule has 0 aromatic heterocycles. The Bertz CT molecular complexity index is 225. The van der Waals surface area contributed by atoms with Gasteiger partial charge >= 0.3 is 0 Å². The summed E-state index contributed by atoms with van der Waals surface area (Å²) in [6.45, 7) is 1.83. The maximum atomic E-state index is 11.8. The van der Waals surface area contributed by atoms with Gasteiger partial charge < -0.3 is 15.7 Å². The molecule has 4 heteroatoms. The van der Waals surface area contributed by atoms with E-state index in [9.17, 15) is 4.79 Å². The molecule has 1 saturated carbocycles. The van der Waals surface area contributed by atoms with Crippen LogP contribution in [0.5, 0.6) is 0 Å². The monoisotopic (exact) mass is 214 g/mol. The lowest BCUT2D eigenvalue weighted by molar-refractivity contribution is -0.133. The molecule has 1 atom stereocenters. The van der Waals surface area contributed by atoms with E-state index in [0.717, 1.165) is 25.7 Å². The first-order valence-corrected chi connectivity index (χ1v) is 5.64. The maximum absolute atomic E-state index is 11.8. The van der Waals surface area contributed by atoms with Crippen LogP contribution in [0.2, 0.25) is 0 Å². The predicted octanol–water partition coefficient (Wildman–Crippen LogP) is 0.487. The molecule has 1 aliphatic carbocycles. The van der Waals surface area contributed by atoms with E-state index >= 15 is 0 Å². The highest BCUT2D eigenvalue weighted by molar-refractivity contribution is 5.77. The number of hydrogen-bond acceptors (Lipinski definition) is 3. The fraction of sp³-hybridized carbons (Fsp3) is 0.909. The second-order valence-corrected chi connectivity index (χ2v) is 4.78. The molecule has 0 aromatic carbocycles. The minimum Gasteiger partial charge on any atom is -0.394 e. The lowest BCUT2D eigenvalue weighted by Crippen LogP contribution is -2.45. The average Bonchev–Trinajstić information content (AvgIpc) is 2.62. The van der Waals surface area contributed by atoms with E-state index in [2.05, 4.69) is 0 Å². The van der Waals surface area contributed by atoms with E-state index in [1.165, 1.54) is 0 Å². The first-order valence-electron chi connectivity index (χ1n) is 5.64. The molecule has 0 aromatic rings. The van der Waals surface area contributed by atoms with Crippen molar-refractivity contribution in [3.8, 4) is 0 Å². The predicted molar refractivity (Wildman–Crippen MR) is 59.3 cm³/mol. The van der Waals surface area contributed by atoms with Crippen molar-refractivity contribution in [1.82, 2.24) is 4.90 Å². The van der Waals surface area contributed by atoms with Crippen LogP contribution in [0.1, 0.15) is 39.0 Å². The first-order chi connectivity index (χ1) is 6.98. The van der Waals surface area contributed by atoms with Crippen LogP contribution < -0.4 is 5.73 Å². The third kappa shape index (κ3) is 3.18. The Morgan fingerprint density at radius 1 is 1.53 bits per heavy atom. The number of nitrogens with two attached hydrogens (primary N) is 1. The molecule has 0 aliphatic heterocycles. The number of aliphatic hydroxyl groups is 1. The van der Waals surface area contributed by atoms with Gasteiger partial charge in [0.25, 0.3) is 0 Å². The SMILES string of the molecule is CC(CO)N(C)C(=O)CC1(N)CCCC1. The second-order valence-electron chi connectivity index (χ2n) is 4.78. The fourth-order valence-electron chi connectivity index (χ4n) is 2.05. The molecule has 0 bridgehead atoms. The summed E-state index contributed by atoms with van der Waals surface area (Å²) in [6.07, 6.45) is 4.56. The fourth-order valence-corrected chi connectivity index (χ4v) is 2.05. The van der Waals surface area contributed by atoms with Gasteiger partial charge in [-0.15, -0.1) is 0 Å². The van der Waals surface area contributed by atoms with Gasteiger partial charge in [-0.05, 0) is 19.8 Å². The Morgan fingerprint density at radius 2 is 2.07 bits per heavy atom. The molecule has 0 saturated heterocycles. The molecular formula is C11H22N2O2. The minimum atomic E-state index is -0.291. The molecule has 1 rings (SSSR count). The van der Waals surface area contributed by atoms with Crippen LogP contribution >= 0.6 is 0 Å². The lowest BCUT2D eigenvalue weighted by atomic mass is 9.94. The summed E-state index contributed by atoms with van der Waals surface area (Å²) >= 11 is 0. The van der Waals surface area contributed by atoms with Crippen molar-refractivity contribution in [1.29, 1.82) is 0 Å². The molecule has 3 N–H and O–H groups in total. The Hall–Kier alpha value is -0.610. The van der Waals surface area contributed by atoms with E-state index in [-0.39, 0.29) is 24.1 Å². The van der Waals surface area contributed by atoms with E-state index in [1.54, 1.807) is 11.9 Å². The van der Waals surface area contributed by atoms with E-state index < -0.39 is 0 Å². The zero-order valence-electron chi connectivity index (χ0n) is 9.70. The highest BCUT2D eigenvalue weighted by Crippen LogP contribution is 2.30. The van der Waals surface area contributed by atoms with Crippen molar-refractivity contribution in [2.75, 3.05) is 13.7 Å². The van der Waals surface area contributed by atoms with Crippen molar-refractivity contribution in [3.63, 3.8) is 0 Å². The summed E-state index contributed by atoms with van der Waals surface area (Å²) in [4.78, 5) is 13.4. The summed E-state index contributed by atoms with van der Waals surface area (Å²) in [5.41, 5.74) is 5.84. The summed E-state index contributed by atoms with van der Waals surface area (Å²) in [5.74, 6) is 0.0425. The first kappa shape index (κ1) is 12.5. The number of aliphatic hydroxyl groups excluding tert-OH is 1. The van der Waals surface area contributed by atoms with Crippen LogP contribution in [0.25, 0.3) is 0 Å². The van der Waals surface area contributed by atoms with Crippen LogP contribution in [0.15, 0.2) is 0 Å². The molecule has 1 fully saturated rings. The molecule has 0 heterocycles. The van der Waals surface area contributed by atoms with Gasteiger partial charge in [0.05, 0.1) is 12.6 Å². The molecular weight excluding hydrogens is 192 g/mol. The number of carbonyl (C=O) groups excluding carboxylic acids is 1. The molecule has 1 aliphatic rings. The van der Waals surface area contributed by atoms with Crippen LogP contribution in [0, 0.1) is 0 Å². The number of hydrogen-bond donors (Lipinski definition) is 2. The highest BCUT2D eigenvalue weighted by Gasteiger charge is 2.33. The van der Waals surface area contributed by atoms with Crippen LogP contribution in [-0.4, -0.2) is 41.1 Å². The summed E-state index contributed by atoms with van der Waals surface area (Å²) in [5, 5.41) is 8.95. The van der Waals surface area contributed by atoms with Gasteiger partial charge in [-0.3, -0.25) is 4.79 Å². The lowest BCUT2D eigenvalue weighted by Gasteiger charge is -2.29. The van der Waals surface area contributed by atoms with Crippen LogP contribution in [0.4, 0.5) is 0 Å². The Balaban J connectivity index is 2.47. The number of nitrogens with zero attached hydrogens (tertiary/aromatic N) is 1. The van der Waals surface area contributed by atoms with Gasteiger partial charge in [0, 0.05) is 19.0 Å². The Labute approximate surface area is 91.4 Å². The van der Waals surface area contributed by atoms with Gasteiger partial charge in [0.1, 0.15) is 0 Å². The third-order valence-corrected chi connectivity index (χ3v) is 3.42. The normalized spacial score (nSPS) is 21.3. The quantitative estimate of drug-likeness (QED) is 0.715. The van der Waals surface area contributed by atoms with E-state index in [4.69, 9.17) is 10.8 Å². The third-order valence-electron chi connectivity index (χ3n) is 3.42. The van der Waals surface area contributed by atoms with E-state index in [0.29, 0.717) is 6.42 Å². The van der Waals surface area contributed by atoms with Crippen LogP contribution in [-0.2, 0) is 4.79 Å². The Kier molecular flexibility index (Phi) is 4.11. The zero-order valence-corrected chi connectivity index (χ0v) is 9.70. The van der Waals surface area contributed by atoms with Crippen molar-refractivity contribution < 1.29 is 9.90 Å². The summed E-state index contributed by atoms with van der Waals surface area (Å²) in [6, 6.07) is -0.123. The molecule has 0 spiro atoms. The summed E-state index contributed by atoms with van der Waals surface area (Å²) < 4.78 is 0. The van der Waals surface area contributed by atoms with Crippen molar-refractivity contribution in [2.45, 2.75) is 50.6 Å². The van der Waals surface area contributed by atoms with Gasteiger partial charge in [0.2, 0.25) is 5.91 Å². The largest absolute Gasteiger partial charge is 0.394 e. The molecule has 1 unspecified atom stereocenters. The number of amides is 1.